The van der Waals surface area contributed by atoms with E-state index in [1.54, 1.807) is 18.3 Å². The van der Waals surface area contributed by atoms with E-state index in [-0.39, 0.29) is 5.91 Å². The summed E-state index contributed by atoms with van der Waals surface area (Å²) in [5.74, 6) is 0.372. The van der Waals surface area contributed by atoms with Crippen LogP contribution in [0.2, 0.25) is 0 Å². The molecule has 0 aliphatic rings. The van der Waals surface area contributed by atoms with E-state index in [0.717, 1.165) is 10.7 Å². The first kappa shape index (κ1) is 13.4. The van der Waals surface area contributed by atoms with Crippen molar-refractivity contribution in [1.82, 2.24) is 30.0 Å². The quantitative estimate of drug-likeness (QED) is 0.786. The topological polar surface area (TPSA) is 85.6 Å². The van der Waals surface area contributed by atoms with Crippen molar-refractivity contribution in [2.24, 2.45) is 0 Å². The molecule has 0 spiro atoms. The van der Waals surface area contributed by atoms with Gasteiger partial charge < -0.3 is 5.32 Å². The zero-order chi connectivity index (χ0) is 14.7. The van der Waals surface area contributed by atoms with Crippen LogP contribution in [0.5, 0.6) is 0 Å². The summed E-state index contributed by atoms with van der Waals surface area (Å²) in [6.07, 6.45) is 4.51. The van der Waals surface area contributed by atoms with Crippen LogP contribution >= 0.6 is 11.3 Å². The molecule has 3 rings (SSSR count). The monoisotopic (exact) mass is 300 g/mol. The van der Waals surface area contributed by atoms with E-state index in [1.165, 1.54) is 28.7 Å². The minimum atomic E-state index is -0.174. The molecule has 106 valence electrons. The molecule has 0 aliphatic carbocycles. The van der Waals surface area contributed by atoms with Gasteiger partial charge in [0.15, 0.2) is 5.82 Å². The third-order valence-electron chi connectivity index (χ3n) is 2.73. The molecule has 3 aromatic rings. The Bertz CT molecular complexity index is 752. The molecule has 0 fully saturated rings. The summed E-state index contributed by atoms with van der Waals surface area (Å²) in [7, 11) is 0. The molecule has 0 atom stereocenters. The summed E-state index contributed by atoms with van der Waals surface area (Å²) in [4.78, 5) is 24.5. The molecule has 0 aliphatic heterocycles. The van der Waals surface area contributed by atoms with Crippen molar-refractivity contribution < 1.29 is 4.79 Å². The highest BCUT2D eigenvalue weighted by atomic mass is 32.1. The zero-order valence-corrected chi connectivity index (χ0v) is 12.0. The molecule has 0 radical (unpaired) electrons. The number of carbonyl (C=O) groups is 1. The van der Waals surface area contributed by atoms with Crippen molar-refractivity contribution >= 4 is 17.2 Å². The highest BCUT2D eigenvalue weighted by Gasteiger charge is 2.09. The number of hydrogen-bond acceptors (Lipinski definition) is 6. The van der Waals surface area contributed by atoms with Gasteiger partial charge in [-0.15, -0.1) is 11.3 Å². The maximum atomic E-state index is 12.1. The lowest BCUT2D eigenvalue weighted by Gasteiger charge is -2.05. The number of nitrogens with one attached hydrogen (secondary N) is 1. The summed E-state index contributed by atoms with van der Waals surface area (Å²) >= 11 is 1.53. The molecule has 0 saturated heterocycles. The van der Waals surface area contributed by atoms with Crippen LogP contribution in [0, 0.1) is 6.92 Å². The minimum Gasteiger partial charge on any atom is -0.346 e. The SMILES string of the molecule is Cc1csc(CNC(=O)c2ccnc(-n3cncn3)c2)n1. The van der Waals surface area contributed by atoms with Crippen LogP contribution in [0.15, 0.2) is 36.4 Å². The van der Waals surface area contributed by atoms with Crippen LogP contribution in [-0.2, 0) is 6.54 Å². The second kappa shape index (κ2) is 5.80. The largest absolute Gasteiger partial charge is 0.346 e. The molecule has 3 heterocycles. The van der Waals surface area contributed by atoms with Gasteiger partial charge in [0.1, 0.15) is 17.7 Å². The zero-order valence-electron chi connectivity index (χ0n) is 11.2. The molecule has 0 aromatic carbocycles. The predicted molar refractivity (Wildman–Crippen MR) is 77.2 cm³/mol. The lowest BCUT2D eigenvalue weighted by atomic mass is 10.2. The fourth-order valence-corrected chi connectivity index (χ4v) is 2.46. The number of carbonyl (C=O) groups excluding carboxylic acids is 1. The normalized spacial score (nSPS) is 10.5. The maximum absolute atomic E-state index is 12.1. The van der Waals surface area contributed by atoms with E-state index in [4.69, 9.17) is 0 Å². The van der Waals surface area contributed by atoms with Gasteiger partial charge in [-0.1, -0.05) is 0 Å². The van der Waals surface area contributed by atoms with E-state index >= 15 is 0 Å². The van der Waals surface area contributed by atoms with Crippen molar-refractivity contribution in [2.75, 3.05) is 0 Å². The molecule has 8 heteroatoms. The summed E-state index contributed by atoms with van der Waals surface area (Å²) in [6, 6.07) is 3.32. The van der Waals surface area contributed by atoms with Crippen LogP contribution in [-0.4, -0.2) is 30.6 Å². The first-order chi connectivity index (χ1) is 10.2. The van der Waals surface area contributed by atoms with Gasteiger partial charge in [0.2, 0.25) is 0 Å². The summed E-state index contributed by atoms with van der Waals surface area (Å²) in [6.45, 7) is 2.34. The standard InChI is InChI=1S/C13H12N6OS/c1-9-6-21-12(18-9)5-16-13(20)10-2-3-15-11(4-10)19-8-14-7-17-19/h2-4,6-8H,5H2,1H3,(H,16,20). The molecule has 1 amide bonds. The predicted octanol–water partition coefficient (Wildman–Crippen LogP) is 1.36. The summed E-state index contributed by atoms with van der Waals surface area (Å²) in [5.41, 5.74) is 1.48. The van der Waals surface area contributed by atoms with Gasteiger partial charge in [-0.05, 0) is 19.1 Å². The fourth-order valence-electron chi connectivity index (χ4n) is 1.75. The third kappa shape index (κ3) is 3.11. The number of hydrogen-bond donors (Lipinski definition) is 1. The van der Waals surface area contributed by atoms with Crippen molar-refractivity contribution in [3.8, 4) is 5.82 Å². The van der Waals surface area contributed by atoms with Crippen molar-refractivity contribution in [1.29, 1.82) is 0 Å². The van der Waals surface area contributed by atoms with Crippen molar-refractivity contribution in [3.63, 3.8) is 0 Å². The Hall–Kier alpha value is -2.61. The second-order valence-electron chi connectivity index (χ2n) is 4.31. The Kier molecular flexibility index (Phi) is 3.69. The van der Waals surface area contributed by atoms with Crippen LogP contribution < -0.4 is 5.32 Å². The number of rotatable bonds is 4. The van der Waals surface area contributed by atoms with E-state index in [0.29, 0.717) is 17.9 Å². The molecule has 1 N–H and O–H groups in total. The van der Waals surface area contributed by atoms with Gasteiger partial charge in [-0.2, -0.15) is 5.10 Å². The summed E-state index contributed by atoms with van der Waals surface area (Å²) < 4.78 is 1.50. The van der Waals surface area contributed by atoms with Crippen molar-refractivity contribution in [2.45, 2.75) is 13.5 Å². The van der Waals surface area contributed by atoms with E-state index in [1.807, 2.05) is 12.3 Å². The number of pyridine rings is 1. The van der Waals surface area contributed by atoms with Crippen LogP contribution in [0.3, 0.4) is 0 Å². The summed E-state index contributed by atoms with van der Waals surface area (Å²) in [5, 5.41) is 9.66. The maximum Gasteiger partial charge on any atom is 0.251 e. The molecule has 0 bridgehead atoms. The van der Waals surface area contributed by atoms with Gasteiger partial charge >= 0.3 is 0 Å². The van der Waals surface area contributed by atoms with Crippen LogP contribution in [0.1, 0.15) is 21.1 Å². The first-order valence-corrected chi connectivity index (χ1v) is 7.10. The molecule has 0 unspecified atom stereocenters. The Labute approximate surface area is 124 Å². The van der Waals surface area contributed by atoms with Gasteiger partial charge in [-0.25, -0.2) is 19.6 Å². The average molecular weight is 300 g/mol. The van der Waals surface area contributed by atoms with E-state index < -0.39 is 0 Å². The van der Waals surface area contributed by atoms with Gasteiger partial charge in [0.25, 0.3) is 5.91 Å². The number of aromatic nitrogens is 5. The van der Waals surface area contributed by atoms with Crippen molar-refractivity contribution in [3.05, 3.63) is 52.6 Å². The smallest absolute Gasteiger partial charge is 0.251 e. The Morgan fingerprint density at radius 3 is 3.10 bits per heavy atom. The van der Waals surface area contributed by atoms with E-state index in [9.17, 15) is 4.79 Å². The second-order valence-corrected chi connectivity index (χ2v) is 5.25. The highest BCUT2D eigenvalue weighted by Crippen LogP contribution is 2.09. The molecular weight excluding hydrogens is 288 g/mol. The van der Waals surface area contributed by atoms with E-state index in [2.05, 4.69) is 25.4 Å². The number of thiazole rings is 1. The number of aryl methyl sites for hydroxylation is 1. The number of amides is 1. The first-order valence-electron chi connectivity index (χ1n) is 6.22. The van der Waals surface area contributed by atoms with Crippen LogP contribution in [0.4, 0.5) is 0 Å². The molecule has 21 heavy (non-hydrogen) atoms. The highest BCUT2D eigenvalue weighted by molar-refractivity contribution is 7.09. The molecule has 7 nitrogen and oxygen atoms in total. The lowest BCUT2D eigenvalue weighted by molar-refractivity contribution is 0.0950. The lowest BCUT2D eigenvalue weighted by Crippen LogP contribution is -2.23. The Balaban J connectivity index is 1.71. The average Bonchev–Trinajstić information content (AvgIpc) is 3.16. The van der Waals surface area contributed by atoms with Gasteiger partial charge in [0, 0.05) is 22.8 Å². The van der Waals surface area contributed by atoms with Gasteiger partial charge in [0.05, 0.1) is 6.54 Å². The molecule has 3 aromatic heterocycles. The number of nitrogens with zero attached hydrogens (tertiary/aromatic N) is 5. The third-order valence-corrected chi connectivity index (χ3v) is 3.69. The Morgan fingerprint density at radius 1 is 1.48 bits per heavy atom. The molecule has 0 saturated carbocycles. The fraction of sp³-hybridized carbons (Fsp3) is 0.154. The van der Waals surface area contributed by atoms with Crippen LogP contribution in [0.25, 0.3) is 5.82 Å². The van der Waals surface area contributed by atoms with Gasteiger partial charge in [-0.3, -0.25) is 4.79 Å². The molecular formula is C13H12N6OS. The minimum absolute atomic E-state index is 0.174. The Morgan fingerprint density at radius 2 is 2.38 bits per heavy atom.